The monoisotopic (exact) mass is 390 g/mol. The molecule has 6 nitrogen and oxygen atoms in total. The highest BCUT2D eigenvalue weighted by atomic mass is 16.5. The first kappa shape index (κ1) is 19.2. The molecule has 0 aliphatic carbocycles. The number of amides is 2. The summed E-state index contributed by atoms with van der Waals surface area (Å²) in [6.07, 6.45) is 3.75. The molecule has 4 rings (SSSR count). The third kappa shape index (κ3) is 4.31. The molecule has 1 fully saturated rings. The number of anilines is 1. The Balaban J connectivity index is 1.54. The fourth-order valence-electron chi connectivity index (χ4n) is 3.77. The fraction of sp³-hybridized carbons (Fsp3) is 0.348. The first-order chi connectivity index (χ1) is 14.1. The Morgan fingerprint density at radius 3 is 2.90 bits per heavy atom. The minimum atomic E-state index is -0.204. The molecule has 3 aromatic rings. The molecule has 0 saturated carbocycles. The standard InChI is InChI=1S/C23H26N4O2/c1-3-17-9-7-11-19(15-17)24-23(28)27-13-5-4-12-20(27)22-25-21(26-29-22)18-10-6-8-16(2)14-18/h6-11,14-15,20H,3-5,12-13H2,1-2H3,(H,24,28). The summed E-state index contributed by atoms with van der Waals surface area (Å²) in [5.74, 6) is 1.06. The highest BCUT2D eigenvalue weighted by Gasteiger charge is 2.32. The summed E-state index contributed by atoms with van der Waals surface area (Å²) in [5, 5.41) is 7.19. The normalized spacial score (nSPS) is 16.6. The molecule has 2 aromatic carbocycles. The average molecular weight is 390 g/mol. The van der Waals surface area contributed by atoms with Crippen LogP contribution in [0, 0.1) is 6.92 Å². The molecule has 1 aliphatic heterocycles. The number of hydrogen-bond acceptors (Lipinski definition) is 4. The van der Waals surface area contributed by atoms with Crippen LogP contribution in [0.3, 0.4) is 0 Å². The van der Waals surface area contributed by atoms with Crippen molar-refractivity contribution in [2.45, 2.75) is 45.6 Å². The minimum Gasteiger partial charge on any atom is -0.337 e. The van der Waals surface area contributed by atoms with E-state index in [1.807, 2.05) is 54.3 Å². The number of piperidine rings is 1. The van der Waals surface area contributed by atoms with Crippen molar-refractivity contribution in [1.82, 2.24) is 15.0 Å². The molecule has 1 saturated heterocycles. The number of hydrogen-bond donors (Lipinski definition) is 1. The molecule has 2 amide bonds. The van der Waals surface area contributed by atoms with E-state index in [9.17, 15) is 4.79 Å². The summed E-state index contributed by atoms with van der Waals surface area (Å²) in [5.41, 5.74) is 4.06. The van der Waals surface area contributed by atoms with Crippen LogP contribution in [0.4, 0.5) is 10.5 Å². The predicted octanol–water partition coefficient (Wildman–Crippen LogP) is 5.37. The molecule has 1 aliphatic rings. The fourth-order valence-corrected chi connectivity index (χ4v) is 3.77. The second-order valence-corrected chi connectivity index (χ2v) is 7.51. The van der Waals surface area contributed by atoms with Gasteiger partial charge in [-0.3, -0.25) is 0 Å². The zero-order valence-corrected chi connectivity index (χ0v) is 16.9. The van der Waals surface area contributed by atoms with Crippen molar-refractivity contribution >= 4 is 11.7 Å². The lowest BCUT2D eigenvalue weighted by Gasteiger charge is -2.33. The van der Waals surface area contributed by atoms with Crippen molar-refractivity contribution in [2.24, 2.45) is 0 Å². The van der Waals surface area contributed by atoms with E-state index in [2.05, 4.69) is 28.4 Å². The van der Waals surface area contributed by atoms with Gasteiger partial charge in [0.15, 0.2) is 0 Å². The largest absolute Gasteiger partial charge is 0.337 e. The van der Waals surface area contributed by atoms with Crippen molar-refractivity contribution in [1.29, 1.82) is 0 Å². The van der Waals surface area contributed by atoms with Crippen LogP contribution in [0.5, 0.6) is 0 Å². The van der Waals surface area contributed by atoms with Crippen molar-refractivity contribution in [3.05, 3.63) is 65.5 Å². The van der Waals surface area contributed by atoms with E-state index in [1.54, 1.807) is 0 Å². The first-order valence-corrected chi connectivity index (χ1v) is 10.2. The van der Waals surface area contributed by atoms with Gasteiger partial charge in [0, 0.05) is 17.8 Å². The highest BCUT2D eigenvalue weighted by molar-refractivity contribution is 5.89. The van der Waals surface area contributed by atoms with Gasteiger partial charge in [0.05, 0.1) is 0 Å². The number of aryl methyl sites for hydroxylation is 2. The van der Waals surface area contributed by atoms with Gasteiger partial charge in [0.1, 0.15) is 6.04 Å². The SMILES string of the molecule is CCc1cccc(NC(=O)N2CCCCC2c2nc(-c3cccc(C)c3)no2)c1. The molecule has 29 heavy (non-hydrogen) atoms. The number of benzene rings is 2. The smallest absolute Gasteiger partial charge is 0.322 e. The summed E-state index contributed by atoms with van der Waals surface area (Å²) in [6.45, 7) is 4.81. The van der Waals surface area contributed by atoms with Gasteiger partial charge >= 0.3 is 6.03 Å². The van der Waals surface area contributed by atoms with Gasteiger partial charge in [-0.15, -0.1) is 0 Å². The van der Waals surface area contributed by atoms with Crippen LogP contribution >= 0.6 is 0 Å². The van der Waals surface area contributed by atoms with Crippen LogP contribution in [0.15, 0.2) is 53.1 Å². The third-order valence-electron chi connectivity index (χ3n) is 5.35. The number of aromatic nitrogens is 2. The zero-order chi connectivity index (χ0) is 20.2. The Morgan fingerprint density at radius 1 is 1.21 bits per heavy atom. The first-order valence-electron chi connectivity index (χ1n) is 10.2. The summed E-state index contributed by atoms with van der Waals surface area (Å²) >= 11 is 0. The molecule has 150 valence electrons. The number of urea groups is 1. The van der Waals surface area contributed by atoms with Crippen LogP contribution in [-0.4, -0.2) is 27.6 Å². The number of rotatable bonds is 4. The third-order valence-corrected chi connectivity index (χ3v) is 5.35. The number of nitrogens with one attached hydrogen (secondary N) is 1. The quantitative estimate of drug-likeness (QED) is 0.650. The Morgan fingerprint density at radius 2 is 2.07 bits per heavy atom. The molecule has 0 spiro atoms. The highest BCUT2D eigenvalue weighted by Crippen LogP contribution is 2.32. The van der Waals surface area contributed by atoms with Crippen LogP contribution in [0.2, 0.25) is 0 Å². The van der Waals surface area contributed by atoms with Crippen molar-refractivity contribution in [2.75, 3.05) is 11.9 Å². The molecule has 1 atom stereocenters. The molecule has 1 unspecified atom stereocenters. The van der Waals surface area contributed by atoms with E-state index >= 15 is 0 Å². The summed E-state index contributed by atoms with van der Waals surface area (Å²) in [7, 11) is 0. The molecular formula is C23H26N4O2. The molecule has 1 aromatic heterocycles. The maximum absolute atomic E-state index is 13.0. The van der Waals surface area contributed by atoms with E-state index in [4.69, 9.17) is 4.52 Å². The average Bonchev–Trinajstić information content (AvgIpc) is 3.24. The summed E-state index contributed by atoms with van der Waals surface area (Å²) in [4.78, 5) is 19.4. The van der Waals surface area contributed by atoms with Crippen molar-refractivity contribution in [3.8, 4) is 11.4 Å². The summed E-state index contributed by atoms with van der Waals surface area (Å²) in [6, 6.07) is 15.6. The second kappa shape index (κ2) is 8.47. The lowest BCUT2D eigenvalue weighted by molar-refractivity contribution is 0.142. The van der Waals surface area contributed by atoms with Crippen molar-refractivity contribution < 1.29 is 9.32 Å². The van der Waals surface area contributed by atoms with Crippen LogP contribution < -0.4 is 5.32 Å². The van der Waals surface area contributed by atoms with Gasteiger partial charge in [-0.05, 0) is 56.4 Å². The van der Waals surface area contributed by atoms with Gasteiger partial charge in [-0.2, -0.15) is 4.98 Å². The Hall–Kier alpha value is -3.15. The number of nitrogens with zero attached hydrogens (tertiary/aromatic N) is 3. The Kier molecular flexibility index (Phi) is 5.60. The van der Waals surface area contributed by atoms with Crippen LogP contribution in [0.25, 0.3) is 11.4 Å². The van der Waals surface area contributed by atoms with Gasteiger partial charge in [0.25, 0.3) is 0 Å². The number of carbonyl (C=O) groups excluding carboxylic acids is 1. The molecular weight excluding hydrogens is 364 g/mol. The zero-order valence-electron chi connectivity index (χ0n) is 16.9. The van der Waals surface area contributed by atoms with E-state index in [0.717, 1.165) is 42.5 Å². The van der Waals surface area contributed by atoms with E-state index in [0.29, 0.717) is 18.3 Å². The van der Waals surface area contributed by atoms with Gasteiger partial charge in [-0.25, -0.2) is 4.79 Å². The maximum Gasteiger partial charge on any atom is 0.322 e. The second-order valence-electron chi connectivity index (χ2n) is 7.51. The van der Waals surface area contributed by atoms with Gasteiger partial charge < -0.3 is 14.7 Å². The van der Waals surface area contributed by atoms with E-state index in [1.165, 1.54) is 5.56 Å². The summed E-state index contributed by atoms with van der Waals surface area (Å²) < 4.78 is 5.58. The van der Waals surface area contributed by atoms with Crippen LogP contribution in [0.1, 0.15) is 49.2 Å². The molecule has 6 heteroatoms. The molecule has 1 N–H and O–H groups in total. The number of carbonyl (C=O) groups is 1. The Bertz CT molecular complexity index is 998. The molecule has 2 heterocycles. The van der Waals surface area contributed by atoms with Crippen molar-refractivity contribution in [3.63, 3.8) is 0 Å². The molecule has 0 radical (unpaired) electrons. The predicted molar refractivity (Wildman–Crippen MR) is 113 cm³/mol. The lowest BCUT2D eigenvalue weighted by Crippen LogP contribution is -2.41. The van der Waals surface area contributed by atoms with E-state index in [-0.39, 0.29) is 12.1 Å². The van der Waals surface area contributed by atoms with Crippen LogP contribution in [-0.2, 0) is 6.42 Å². The molecule has 0 bridgehead atoms. The maximum atomic E-state index is 13.0. The Labute approximate surface area is 170 Å². The number of likely N-dealkylation sites (tertiary alicyclic amines) is 1. The van der Waals surface area contributed by atoms with Gasteiger partial charge in [-0.1, -0.05) is 48.0 Å². The van der Waals surface area contributed by atoms with Gasteiger partial charge in [0.2, 0.25) is 11.7 Å². The minimum absolute atomic E-state index is 0.127. The topological polar surface area (TPSA) is 71.3 Å². The lowest BCUT2D eigenvalue weighted by atomic mass is 10.0. The van der Waals surface area contributed by atoms with E-state index < -0.39 is 0 Å².